The standard InChI is InChI=1S/C9H8O3/c1-8(10)12-5-2-3-9-4-6-11-7-9/h4,6-7H,5H2,1H3. The molecule has 0 amide bonds. The molecule has 0 aliphatic rings. The summed E-state index contributed by atoms with van der Waals surface area (Å²) in [6, 6.07) is 1.74. The minimum absolute atomic E-state index is 0.126. The third kappa shape index (κ3) is 2.93. The first-order chi connectivity index (χ1) is 5.79. The van der Waals surface area contributed by atoms with Crippen molar-refractivity contribution in [2.75, 3.05) is 6.61 Å². The van der Waals surface area contributed by atoms with Crippen LogP contribution >= 0.6 is 0 Å². The normalized spacial score (nSPS) is 8.42. The highest BCUT2D eigenvalue weighted by Crippen LogP contribution is 1.95. The molecule has 1 aromatic heterocycles. The van der Waals surface area contributed by atoms with Gasteiger partial charge in [-0.15, -0.1) is 0 Å². The second kappa shape index (κ2) is 4.24. The van der Waals surface area contributed by atoms with E-state index in [9.17, 15) is 4.79 Å². The SMILES string of the molecule is CC(=O)OCC#Cc1ccoc1. The topological polar surface area (TPSA) is 39.4 Å². The summed E-state index contributed by atoms with van der Waals surface area (Å²) in [4.78, 5) is 10.3. The lowest BCUT2D eigenvalue weighted by molar-refractivity contribution is -0.139. The molecule has 0 aromatic carbocycles. The molecule has 0 unspecified atom stereocenters. The molecule has 1 rings (SSSR count). The predicted molar refractivity (Wildman–Crippen MR) is 42.2 cm³/mol. The van der Waals surface area contributed by atoms with Crippen molar-refractivity contribution in [2.45, 2.75) is 6.92 Å². The minimum atomic E-state index is -0.323. The van der Waals surface area contributed by atoms with Crippen LogP contribution in [-0.2, 0) is 9.53 Å². The first kappa shape index (κ1) is 8.41. The summed E-state index contributed by atoms with van der Waals surface area (Å²) in [6.07, 6.45) is 3.07. The fraction of sp³-hybridized carbons (Fsp3) is 0.222. The van der Waals surface area contributed by atoms with E-state index in [2.05, 4.69) is 16.6 Å². The molecule has 0 saturated heterocycles. The number of ether oxygens (including phenoxy) is 1. The summed E-state index contributed by atoms with van der Waals surface area (Å²) < 4.78 is 9.38. The average Bonchev–Trinajstić information content (AvgIpc) is 2.49. The highest BCUT2D eigenvalue weighted by atomic mass is 16.5. The van der Waals surface area contributed by atoms with Gasteiger partial charge in [-0.1, -0.05) is 11.8 Å². The maximum absolute atomic E-state index is 10.3. The molecule has 3 heteroatoms. The third-order valence-corrected chi connectivity index (χ3v) is 1.10. The summed E-state index contributed by atoms with van der Waals surface area (Å²) >= 11 is 0. The van der Waals surface area contributed by atoms with Crippen LogP contribution in [0.3, 0.4) is 0 Å². The van der Waals surface area contributed by atoms with E-state index in [1.54, 1.807) is 6.07 Å². The maximum atomic E-state index is 10.3. The molecule has 0 saturated carbocycles. The fourth-order valence-electron chi connectivity index (χ4n) is 0.611. The van der Waals surface area contributed by atoms with Crippen molar-refractivity contribution in [3.05, 3.63) is 24.2 Å². The highest BCUT2D eigenvalue weighted by Gasteiger charge is 1.87. The van der Waals surface area contributed by atoms with E-state index in [0.29, 0.717) is 0 Å². The molecule has 12 heavy (non-hydrogen) atoms. The maximum Gasteiger partial charge on any atom is 0.303 e. The van der Waals surface area contributed by atoms with Gasteiger partial charge in [0.05, 0.1) is 11.8 Å². The third-order valence-electron chi connectivity index (χ3n) is 1.10. The first-order valence-electron chi connectivity index (χ1n) is 3.43. The van der Waals surface area contributed by atoms with E-state index < -0.39 is 0 Å². The van der Waals surface area contributed by atoms with Gasteiger partial charge < -0.3 is 9.15 Å². The number of hydrogen-bond acceptors (Lipinski definition) is 3. The quantitative estimate of drug-likeness (QED) is 0.462. The zero-order valence-electron chi connectivity index (χ0n) is 6.66. The van der Waals surface area contributed by atoms with Crippen molar-refractivity contribution in [2.24, 2.45) is 0 Å². The number of carbonyl (C=O) groups is 1. The smallest absolute Gasteiger partial charge is 0.303 e. The van der Waals surface area contributed by atoms with Crippen molar-refractivity contribution in [3.8, 4) is 11.8 Å². The van der Waals surface area contributed by atoms with Crippen molar-refractivity contribution < 1.29 is 13.9 Å². The lowest BCUT2D eigenvalue weighted by Gasteiger charge is -1.90. The molecule has 62 valence electrons. The van der Waals surface area contributed by atoms with Gasteiger partial charge in [-0.2, -0.15) is 0 Å². The fourth-order valence-corrected chi connectivity index (χ4v) is 0.611. The number of hydrogen-bond donors (Lipinski definition) is 0. The van der Waals surface area contributed by atoms with E-state index in [4.69, 9.17) is 4.42 Å². The highest BCUT2D eigenvalue weighted by molar-refractivity contribution is 5.66. The molecule has 0 radical (unpaired) electrons. The molecule has 0 bridgehead atoms. The van der Waals surface area contributed by atoms with E-state index >= 15 is 0 Å². The van der Waals surface area contributed by atoms with Gasteiger partial charge in [0.1, 0.15) is 6.26 Å². The Labute approximate surface area is 70.3 Å². The zero-order chi connectivity index (χ0) is 8.81. The first-order valence-corrected chi connectivity index (χ1v) is 3.43. The van der Waals surface area contributed by atoms with E-state index in [-0.39, 0.29) is 12.6 Å². The number of furan rings is 1. The molecule has 0 aliphatic carbocycles. The van der Waals surface area contributed by atoms with Crippen LogP contribution in [-0.4, -0.2) is 12.6 Å². The molecule has 1 aromatic rings. The molecule has 0 N–H and O–H groups in total. The Balaban J connectivity index is 2.35. The van der Waals surface area contributed by atoms with Crippen LogP contribution < -0.4 is 0 Å². The summed E-state index contributed by atoms with van der Waals surface area (Å²) in [5, 5.41) is 0. The molecular weight excluding hydrogens is 156 g/mol. The Morgan fingerprint density at radius 2 is 2.58 bits per heavy atom. The molecule has 0 atom stereocenters. The van der Waals surface area contributed by atoms with Crippen molar-refractivity contribution in [1.82, 2.24) is 0 Å². The van der Waals surface area contributed by atoms with Crippen LogP contribution in [0, 0.1) is 11.8 Å². The summed E-state index contributed by atoms with van der Waals surface area (Å²) in [5.74, 6) is 5.10. The predicted octanol–water partition coefficient (Wildman–Crippen LogP) is 1.19. The number of esters is 1. The van der Waals surface area contributed by atoms with E-state index in [1.165, 1.54) is 19.5 Å². The van der Waals surface area contributed by atoms with Crippen molar-refractivity contribution >= 4 is 5.97 Å². The summed E-state index contributed by atoms with van der Waals surface area (Å²) in [5.41, 5.74) is 0.780. The summed E-state index contributed by atoms with van der Waals surface area (Å²) in [7, 11) is 0. The lowest BCUT2D eigenvalue weighted by Crippen LogP contribution is -1.97. The van der Waals surface area contributed by atoms with Gasteiger partial charge in [0.25, 0.3) is 0 Å². The van der Waals surface area contributed by atoms with Crippen LogP contribution in [0.4, 0.5) is 0 Å². The minimum Gasteiger partial charge on any atom is -0.471 e. The van der Waals surface area contributed by atoms with Crippen LogP contribution in [0.2, 0.25) is 0 Å². The molecule has 0 aliphatic heterocycles. The Kier molecular flexibility index (Phi) is 2.97. The van der Waals surface area contributed by atoms with Gasteiger partial charge in [-0.3, -0.25) is 4.79 Å². The van der Waals surface area contributed by atoms with Gasteiger partial charge in [0.15, 0.2) is 6.61 Å². The van der Waals surface area contributed by atoms with Gasteiger partial charge in [-0.25, -0.2) is 0 Å². The van der Waals surface area contributed by atoms with Gasteiger partial charge in [-0.05, 0) is 6.07 Å². The number of rotatable bonds is 1. The molecule has 1 heterocycles. The Bertz CT molecular complexity index is 300. The number of carbonyl (C=O) groups excluding carboxylic acids is 1. The van der Waals surface area contributed by atoms with Crippen LogP contribution in [0.1, 0.15) is 12.5 Å². The average molecular weight is 164 g/mol. The van der Waals surface area contributed by atoms with Crippen LogP contribution in [0.15, 0.2) is 23.0 Å². The van der Waals surface area contributed by atoms with Gasteiger partial charge in [0.2, 0.25) is 0 Å². The van der Waals surface area contributed by atoms with Crippen molar-refractivity contribution in [1.29, 1.82) is 0 Å². The molecular formula is C9H8O3. The molecule has 0 spiro atoms. The Morgan fingerprint density at radius 1 is 1.75 bits per heavy atom. The monoisotopic (exact) mass is 164 g/mol. The van der Waals surface area contributed by atoms with Gasteiger partial charge in [0, 0.05) is 6.92 Å². The zero-order valence-corrected chi connectivity index (χ0v) is 6.66. The second-order valence-electron chi connectivity index (χ2n) is 2.09. The van der Waals surface area contributed by atoms with E-state index in [0.717, 1.165) is 5.56 Å². The molecule has 0 fully saturated rings. The van der Waals surface area contributed by atoms with Crippen LogP contribution in [0.5, 0.6) is 0 Å². The largest absolute Gasteiger partial charge is 0.471 e. The summed E-state index contributed by atoms with van der Waals surface area (Å²) in [6.45, 7) is 1.47. The Morgan fingerprint density at radius 3 is 3.17 bits per heavy atom. The van der Waals surface area contributed by atoms with Crippen LogP contribution in [0.25, 0.3) is 0 Å². The lowest BCUT2D eigenvalue weighted by atomic mass is 10.3. The molecule has 3 nitrogen and oxygen atoms in total. The van der Waals surface area contributed by atoms with E-state index in [1.807, 2.05) is 0 Å². The second-order valence-corrected chi connectivity index (χ2v) is 2.09. The Hall–Kier alpha value is -1.69. The van der Waals surface area contributed by atoms with Gasteiger partial charge >= 0.3 is 5.97 Å². The van der Waals surface area contributed by atoms with Crippen molar-refractivity contribution in [3.63, 3.8) is 0 Å².